The van der Waals surface area contributed by atoms with Crippen molar-refractivity contribution in [2.45, 2.75) is 53.2 Å². The first kappa shape index (κ1) is 23.2. The molecule has 0 aromatic heterocycles. The third-order valence-electron chi connectivity index (χ3n) is 7.17. The van der Waals surface area contributed by atoms with Crippen LogP contribution in [0.2, 0.25) is 5.02 Å². The predicted octanol–water partition coefficient (Wildman–Crippen LogP) is 5.89. The molecular weight excluding hydrogens is 434 g/mol. The van der Waals surface area contributed by atoms with E-state index in [2.05, 4.69) is 0 Å². The Morgan fingerprint density at radius 3 is 2.09 bits per heavy atom. The van der Waals surface area contributed by atoms with E-state index in [1.807, 2.05) is 65.0 Å². The van der Waals surface area contributed by atoms with Crippen LogP contribution in [0, 0.1) is 34.6 Å². The summed E-state index contributed by atoms with van der Waals surface area (Å²) in [5, 5.41) is 12.1. The summed E-state index contributed by atoms with van der Waals surface area (Å²) in [6, 6.07) is 14.6. The molecule has 33 heavy (non-hydrogen) atoms. The quantitative estimate of drug-likeness (QED) is 0.482. The molecule has 1 aliphatic rings. The first-order valence-corrected chi connectivity index (χ1v) is 11.4. The van der Waals surface area contributed by atoms with Crippen LogP contribution in [0.25, 0.3) is 0 Å². The van der Waals surface area contributed by atoms with Gasteiger partial charge in [-0.25, -0.2) is 0 Å². The number of benzene rings is 3. The molecule has 1 amide bonds. The Morgan fingerprint density at radius 2 is 1.48 bits per heavy atom. The number of fused-ring (bicyclic) bond motifs is 1. The zero-order valence-electron chi connectivity index (χ0n) is 19.6. The largest absolute Gasteiger partial charge is 0.375 e. The van der Waals surface area contributed by atoms with Gasteiger partial charge in [-0.2, -0.15) is 0 Å². The number of nitrogens with zero attached hydrogens (tertiary/aromatic N) is 1. The molecule has 0 saturated carbocycles. The molecule has 0 saturated heterocycles. The third kappa shape index (κ3) is 3.77. The van der Waals surface area contributed by atoms with E-state index >= 15 is 0 Å². The molecule has 0 aliphatic carbocycles. The molecule has 0 bridgehead atoms. The molecule has 4 rings (SSSR count). The van der Waals surface area contributed by atoms with E-state index in [-0.39, 0.29) is 12.2 Å². The summed E-state index contributed by atoms with van der Waals surface area (Å²) in [6.07, 6.45) is -0.339. The number of halogens is 1. The minimum atomic E-state index is -1.97. The monoisotopic (exact) mass is 461 g/mol. The normalized spacial score (nSPS) is 17.4. The molecule has 1 aliphatic heterocycles. The first-order valence-electron chi connectivity index (χ1n) is 11.0. The molecule has 1 heterocycles. The van der Waals surface area contributed by atoms with Crippen molar-refractivity contribution in [3.8, 4) is 0 Å². The van der Waals surface area contributed by atoms with E-state index in [0.29, 0.717) is 28.4 Å². The van der Waals surface area contributed by atoms with E-state index in [0.717, 1.165) is 33.4 Å². The van der Waals surface area contributed by atoms with Gasteiger partial charge in [-0.3, -0.25) is 9.59 Å². The van der Waals surface area contributed by atoms with Crippen LogP contribution in [0.3, 0.4) is 0 Å². The fourth-order valence-corrected chi connectivity index (χ4v) is 5.03. The van der Waals surface area contributed by atoms with Gasteiger partial charge in [0.25, 0.3) is 5.91 Å². The van der Waals surface area contributed by atoms with Crippen LogP contribution in [0.4, 0.5) is 5.69 Å². The molecule has 4 nitrogen and oxygen atoms in total. The number of rotatable bonds is 5. The van der Waals surface area contributed by atoms with E-state index in [9.17, 15) is 14.7 Å². The summed E-state index contributed by atoms with van der Waals surface area (Å²) in [5.74, 6) is -0.757. The van der Waals surface area contributed by atoms with Gasteiger partial charge in [0, 0.05) is 16.1 Å². The van der Waals surface area contributed by atoms with Gasteiger partial charge in [-0.05, 0) is 86.2 Å². The van der Waals surface area contributed by atoms with Gasteiger partial charge in [0.2, 0.25) is 0 Å². The third-order valence-corrected chi connectivity index (χ3v) is 7.41. The van der Waals surface area contributed by atoms with Crippen LogP contribution in [0.15, 0.2) is 48.5 Å². The Labute approximate surface area is 199 Å². The lowest BCUT2D eigenvalue weighted by Crippen LogP contribution is -2.41. The zero-order valence-corrected chi connectivity index (χ0v) is 20.4. The maximum atomic E-state index is 13.6. The van der Waals surface area contributed by atoms with E-state index in [1.54, 1.807) is 23.1 Å². The smallest absolute Gasteiger partial charge is 0.264 e. The number of amides is 1. The van der Waals surface area contributed by atoms with Crippen molar-refractivity contribution in [3.05, 3.63) is 98.1 Å². The summed E-state index contributed by atoms with van der Waals surface area (Å²) >= 11 is 6.24. The van der Waals surface area contributed by atoms with E-state index in [4.69, 9.17) is 11.6 Å². The fraction of sp³-hybridized carbons (Fsp3) is 0.286. The lowest BCUT2D eigenvalue weighted by atomic mass is 9.82. The standard InChI is InChI=1S/C28H28ClNO3/c1-16-17(2)19(4)26(20(5)18(16)3)25(31)14-28(33)23-13-22(29)11-12-24(23)30(27(28)32)15-21-9-7-6-8-10-21/h6-13,33H,14-15H2,1-5H3. The average Bonchev–Trinajstić information content (AvgIpc) is 2.98. The number of ketones is 1. The highest BCUT2D eigenvalue weighted by atomic mass is 35.5. The van der Waals surface area contributed by atoms with Gasteiger partial charge in [-0.15, -0.1) is 0 Å². The second-order valence-electron chi connectivity index (χ2n) is 9.00. The lowest BCUT2D eigenvalue weighted by Gasteiger charge is -2.24. The number of hydrogen-bond donors (Lipinski definition) is 1. The van der Waals surface area contributed by atoms with Gasteiger partial charge >= 0.3 is 0 Å². The van der Waals surface area contributed by atoms with Crippen molar-refractivity contribution in [3.63, 3.8) is 0 Å². The van der Waals surface area contributed by atoms with E-state index in [1.165, 1.54) is 0 Å². The summed E-state index contributed by atoms with van der Waals surface area (Å²) < 4.78 is 0. The topological polar surface area (TPSA) is 57.6 Å². The average molecular weight is 462 g/mol. The van der Waals surface area contributed by atoms with Gasteiger partial charge in [0.1, 0.15) is 0 Å². The van der Waals surface area contributed by atoms with Crippen LogP contribution >= 0.6 is 11.6 Å². The zero-order chi connectivity index (χ0) is 24.1. The van der Waals surface area contributed by atoms with Crippen LogP contribution in [0.5, 0.6) is 0 Å². The molecule has 0 radical (unpaired) electrons. The van der Waals surface area contributed by atoms with Crippen molar-refractivity contribution in [2.75, 3.05) is 4.90 Å². The maximum absolute atomic E-state index is 13.6. The molecule has 0 fully saturated rings. The molecule has 0 spiro atoms. The molecular formula is C28H28ClNO3. The molecule has 3 aromatic rings. The number of anilines is 1. The Bertz CT molecular complexity index is 1250. The van der Waals surface area contributed by atoms with Crippen LogP contribution in [-0.4, -0.2) is 16.8 Å². The van der Waals surface area contributed by atoms with Crippen molar-refractivity contribution in [2.24, 2.45) is 0 Å². The van der Waals surface area contributed by atoms with Gasteiger partial charge in [0.15, 0.2) is 11.4 Å². The SMILES string of the molecule is Cc1c(C)c(C)c(C(=O)CC2(O)C(=O)N(Cc3ccccc3)c3ccc(Cl)cc32)c(C)c1C. The second kappa shape index (κ2) is 8.44. The van der Waals surface area contributed by atoms with Crippen molar-refractivity contribution in [1.82, 2.24) is 0 Å². The predicted molar refractivity (Wildman–Crippen MR) is 132 cm³/mol. The van der Waals surface area contributed by atoms with Crippen molar-refractivity contribution < 1.29 is 14.7 Å². The minimum absolute atomic E-state index is 0.250. The maximum Gasteiger partial charge on any atom is 0.264 e. The van der Waals surface area contributed by atoms with Crippen LogP contribution in [0.1, 0.15) is 55.7 Å². The highest BCUT2D eigenvalue weighted by Crippen LogP contribution is 2.45. The highest BCUT2D eigenvalue weighted by molar-refractivity contribution is 6.31. The summed E-state index contributed by atoms with van der Waals surface area (Å²) in [7, 11) is 0. The van der Waals surface area contributed by atoms with Crippen LogP contribution < -0.4 is 4.90 Å². The number of carbonyl (C=O) groups is 2. The first-order chi connectivity index (χ1) is 15.6. The summed E-state index contributed by atoms with van der Waals surface area (Å²) in [6.45, 7) is 10.2. The molecule has 170 valence electrons. The number of hydrogen-bond acceptors (Lipinski definition) is 3. The number of Topliss-reactive ketones (excluding diaryl/α,β-unsaturated/α-hetero) is 1. The second-order valence-corrected chi connectivity index (χ2v) is 9.44. The number of carbonyl (C=O) groups excluding carboxylic acids is 2. The Hall–Kier alpha value is -2.95. The van der Waals surface area contributed by atoms with Gasteiger partial charge in [0.05, 0.1) is 18.7 Å². The molecule has 5 heteroatoms. The fourth-order valence-electron chi connectivity index (χ4n) is 4.86. The van der Waals surface area contributed by atoms with Gasteiger partial charge < -0.3 is 10.0 Å². The van der Waals surface area contributed by atoms with Crippen molar-refractivity contribution in [1.29, 1.82) is 0 Å². The van der Waals surface area contributed by atoms with Crippen LogP contribution in [-0.2, 0) is 16.9 Å². The Kier molecular flexibility index (Phi) is 5.94. The molecule has 1 atom stereocenters. The summed E-state index contributed by atoms with van der Waals surface area (Å²) in [4.78, 5) is 28.8. The highest BCUT2D eigenvalue weighted by Gasteiger charge is 2.51. The molecule has 1 N–H and O–H groups in total. The van der Waals surface area contributed by atoms with E-state index < -0.39 is 11.5 Å². The van der Waals surface area contributed by atoms with Gasteiger partial charge in [-0.1, -0.05) is 41.9 Å². The molecule has 3 aromatic carbocycles. The number of aliphatic hydroxyl groups is 1. The molecule has 1 unspecified atom stereocenters. The minimum Gasteiger partial charge on any atom is -0.375 e. The Balaban J connectivity index is 1.77. The van der Waals surface area contributed by atoms with Crippen molar-refractivity contribution >= 4 is 29.0 Å². The lowest BCUT2D eigenvalue weighted by molar-refractivity contribution is -0.136. The summed E-state index contributed by atoms with van der Waals surface area (Å²) in [5.41, 5.74) is 5.54. The Morgan fingerprint density at radius 1 is 0.909 bits per heavy atom.